The minimum absolute atomic E-state index is 0.0287. The summed E-state index contributed by atoms with van der Waals surface area (Å²) in [7, 11) is 1.53. The van der Waals surface area contributed by atoms with Gasteiger partial charge in [0.15, 0.2) is 11.5 Å². The number of methoxy groups -OCH3 is 1. The zero-order chi connectivity index (χ0) is 19.2. The Hall–Kier alpha value is -2.84. The Kier molecular flexibility index (Phi) is 6.10. The highest BCUT2D eigenvalue weighted by Crippen LogP contribution is 2.30. The van der Waals surface area contributed by atoms with Gasteiger partial charge in [-0.3, -0.25) is 5.43 Å². The highest BCUT2D eigenvalue weighted by atomic mass is 35.5. The minimum Gasteiger partial charge on any atom is -0.493 e. The van der Waals surface area contributed by atoms with Gasteiger partial charge < -0.3 is 15.2 Å². The number of hydrogen-bond donors (Lipinski definition) is 2. The summed E-state index contributed by atoms with van der Waals surface area (Å²) < 4.78 is 24.9. The van der Waals surface area contributed by atoms with Gasteiger partial charge in [-0.2, -0.15) is 5.10 Å². The Bertz CT molecular complexity index is 944. The Morgan fingerprint density at radius 1 is 1.33 bits per heavy atom. The monoisotopic (exact) mass is 406 g/mol. The van der Waals surface area contributed by atoms with Gasteiger partial charge in [0.1, 0.15) is 18.2 Å². The fraction of sp³-hybridized carbons (Fsp3) is 0.111. The smallest absolute Gasteiger partial charge is 0.205 e. The SMILES string of the molecule is COc1ccc(C=NNc2nc(N)cs2)cc1OCc1c(F)cccc1Cl. The molecule has 0 amide bonds. The molecule has 6 nitrogen and oxygen atoms in total. The fourth-order valence-electron chi connectivity index (χ4n) is 2.21. The summed E-state index contributed by atoms with van der Waals surface area (Å²) in [4.78, 5) is 4.05. The molecule has 27 heavy (non-hydrogen) atoms. The number of nitrogen functional groups attached to an aromatic ring is 1. The van der Waals surface area contributed by atoms with Crippen LogP contribution in [0.4, 0.5) is 15.3 Å². The lowest BCUT2D eigenvalue weighted by Crippen LogP contribution is -2.01. The molecule has 0 spiro atoms. The average molecular weight is 407 g/mol. The number of halogens is 2. The number of nitrogens with zero attached hydrogens (tertiary/aromatic N) is 2. The van der Waals surface area contributed by atoms with Gasteiger partial charge in [0.2, 0.25) is 5.13 Å². The van der Waals surface area contributed by atoms with Gasteiger partial charge in [-0.15, -0.1) is 11.3 Å². The van der Waals surface area contributed by atoms with E-state index in [1.807, 2.05) is 6.07 Å². The Morgan fingerprint density at radius 2 is 2.19 bits per heavy atom. The van der Waals surface area contributed by atoms with Crippen molar-refractivity contribution in [3.63, 3.8) is 0 Å². The molecule has 0 bridgehead atoms. The van der Waals surface area contributed by atoms with Crippen molar-refractivity contribution in [2.24, 2.45) is 5.10 Å². The number of anilines is 2. The minimum atomic E-state index is -0.425. The normalized spacial score (nSPS) is 10.9. The van der Waals surface area contributed by atoms with Crippen LogP contribution in [0.5, 0.6) is 11.5 Å². The third-order valence-electron chi connectivity index (χ3n) is 3.52. The maximum atomic E-state index is 13.9. The first-order chi connectivity index (χ1) is 13.1. The molecule has 3 aromatic rings. The van der Waals surface area contributed by atoms with Gasteiger partial charge in [-0.25, -0.2) is 9.37 Å². The molecule has 0 radical (unpaired) electrons. The molecule has 0 saturated carbocycles. The van der Waals surface area contributed by atoms with E-state index in [0.29, 0.717) is 27.5 Å². The van der Waals surface area contributed by atoms with Crippen molar-refractivity contribution in [3.05, 3.63) is 63.7 Å². The maximum Gasteiger partial charge on any atom is 0.205 e. The molecule has 0 fully saturated rings. The lowest BCUT2D eigenvalue weighted by molar-refractivity contribution is 0.280. The summed E-state index contributed by atoms with van der Waals surface area (Å²) in [6.45, 7) is -0.0287. The Morgan fingerprint density at radius 3 is 2.89 bits per heavy atom. The van der Waals surface area contributed by atoms with Crippen LogP contribution in [0.2, 0.25) is 5.02 Å². The van der Waals surface area contributed by atoms with Crippen molar-refractivity contribution in [1.29, 1.82) is 0 Å². The van der Waals surface area contributed by atoms with Crippen molar-refractivity contribution in [3.8, 4) is 11.5 Å². The first-order valence-corrected chi connectivity index (χ1v) is 9.06. The van der Waals surface area contributed by atoms with Crippen LogP contribution in [0.1, 0.15) is 11.1 Å². The van der Waals surface area contributed by atoms with Gasteiger partial charge in [0, 0.05) is 10.9 Å². The third kappa shape index (κ3) is 4.87. The number of thiazole rings is 1. The van der Waals surface area contributed by atoms with Crippen molar-refractivity contribution in [1.82, 2.24) is 4.98 Å². The Labute approximate surface area is 164 Å². The van der Waals surface area contributed by atoms with Gasteiger partial charge >= 0.3 is 0 Å². The highest BCUT2D eigenvalue weighted by Gasteiger charge is 2.10. The van der Waals surface area contributed by atoms with Crippen molar-refractivity contribution in [2.45, 2.75) is 6.61 Å². The molecular formula is C18H16ClFN4O2S. The first-order valence-electron chi connectivity index (χ1n) is 7.80. The van der Waals surface area contributed by atoms with E-state index in [1.165, 1.54) is 24.5 Å². The van der Waals surface area contributed by atoms with Crippen LogP contribution < -0.4 is 20.6 Å². The second-order valence-corrected chi connectivity index (χ2v) is 6.61. The van der Waals surface area contributed by atoms with E-state index in [-0.39, 0.29) is 12.2 Å². The summed E-state index contributed by atoms with van der Waals surface area (Å²) in [5.41, 5.74) is 9.38. The molecule has 1 heterocycles. The Balaban J connectivity index is 1.73. The summed E-state index contributed by atoms with van der Waals surface area (Å²) >= 11 is 7.38. The molecule has 3 N–H and O–H groups in total. The summed E-state index contributed by atoms with van der Waals surface area (Å²) in [6, 6.07) is 9.77. The molecule has 9 heteroatoms. The number of nitrogens with two attached hydrogens (primary N) is 1. The molecular weight excluding hydrogens is 391 g/mol. The molecule has 0 aliphatic rings. The van der Waals surface area contributed by atoms with Crippen molar-refractivity contribution >= 4 is 40.1 Å². The van der Waals surface area contributed by atoms with E-state index in [0.717, 1.165) is 5.56 Å². The lowest BCUT2D eigenvalue weighted by atomic mass is 10.2. The van der Waals surface area contributed by atoms with E-state index in [9.17, 15) is 4.39 Å². The molecule has 0 unspecified atom stereocenters. The predicted molar refractivity (Wildman–Crippen MR) is 106 cm³/mol. The number of nitrogens with one attached hydrogen (secondary N) is 1. The number of hydrazone groups is 1. The summed E-state index contributed by atoms with van der Waals surface area (Å²) in [6.07, 6.45) is 1.60. The molecule has 140 valence electrons. The molecule has 0 aliphatic carbocycles. The fourth-order valence-corrected chi connectivity index (χ4v) is 2.97. The second-order valence-electron chi connectivity index (χ2n) is 5.35. The molecule has 3 rings (SSSR count). The van der Waals surface area contributed by atoms with Crippen LogP contribution in [0, 0.1) is 5.82 Å². The third-order valence-corrected chi connectivity index (χ3v) is 4.64. The molecule has 0 aliphatic heterocycles. The summed E-state index contributed by atoms with van der Waals surface area (Å²) in [5, 5.41) is 6.71. The quantitative estimate of drug-likeness (QED) is 0.444. The second kappa shape index (κ2) is 8.70. The molecule has 1 aromatic heterocycles. The number of aromatic nitrogens is 1. The first kappa shape index (κ1) is 18.9. The molecule has 2 aromatic carbocycles. The molecule has 0 atom stereocenters. The van der Waals surface area contributed by atoms with E-state index in [1.54, 1.807) is 35.9 Å². The van der Waals surface area contributed by atoms with Crippen LogP contribution in [0.25, 0.3) is 0 Å². The van der Waals surface area contributed by atoms with Gasteiger partial charge in [-0.05, 0) is 35.9 Å². The standard InChI is InChI=1S/C18H16ClFN4O2S/c1-25-15-6-5-11(8-22-24-18-23-17(21)10-27-18)7-16(15)26-9-12-13(19)3-2-4-14(12)20/h2-8,10H,9,21H2,1H3,(H,23,24). The van der Waals surface area contributed by atoms with Gasteiger partial charge in [0.05, 0.1) is 18.3 Å². The van der Waals surface area contributed by atoms with Gasteiger partial charge in [-0.1, -0.05) is 17.7 Å². The topological polar surface area (TPSA) is 81.8 Å². The van der Waals surface area contributed by atoms with E-state index in [4.69, 9.17) is 26.8 Å². The zero-order valence-corrected chi connectivity index (χ0v) is 15.9. The predicted octanol–water partition coefficient (Wildman–Crippen LogP) is 4.55. The largest absolute Gasteiger partial charge is 0.493 e. The van der Waals surface area contributed by atoms with E-state index in [2.05, 4.69) is 15.5 Å². The van der Waals surface area contributed by atoms with E-state index < -0.39 is 5.82 Å². The van der Waals surface area contributed by atoms with Crippen molar-refractivity contribution in [2.75, 3.05) is 18.3 Å². The van der Waals surface area contributed by atoms with Crippen molar-refractivity contribution < 1.29 is 13.9 Å². The van der Waals surface area contributed by atoms with Gasteiger partial charge in [0.25, 0.3) is 0 Å². The average Bonchev–Trinajstić information content (AvgIpc) is 3.07. The van der Waals surface area contributed by atoms with Crippen LogP contribution in [0.15, 0.2) is 46.9 Å². The van der Waals surface area contributed by atoms with Crippen LogP contribution in [-0.2, 0) is 6.61 Å². The maximum absolute atomic E-state index is 13.9. The highest BCUT2D eigenvalue weighted by molar-refractivity contribution is 7.14. The zero-order valence-electron chi connectivity index (χ0n) is 14.3. The number of ether oxygens (including phenoxy) is 2. The lowest BCUT2D eigenvalue weighted by Gasteiger charge is -2.12. The number of hydrogen-bond acceptors (Lipinski definition) is 7. The number of benzene rings is 2. The van der Waals surface area contributed by atoms with E-state index >= 15 is 0 Å². The molecule has 0 saturated heterocycles. The van der Waals surface area contributed by atoms with Crippen LogP contribution in [0.3, 0.4) is 0 Å². The van der Waals surface area contributed by atoms with Crippen LogP contribution in [-0.4, -0.2) is 18.3 Å². The van der Waals surface area contributed by atoms with Crippen LogP contribution >= 0.6 is 22.9 Å². The summed E-state index contributed by atoms with van der Waals surface area (Å²) in [5.74, 6) is 0.968. The number of rotatable bonds is 7.